The molecule has 2 heterocycles. The molecule has 3 aromatic rings. The highest BCUT2D eigenvalue weighted by molar-refractivity contribution is 5.94. The third-order valence-electron chi connectivity index (χ3n) is 5.65. The molecule has 0 saturated carbocycles. The van der Waals surface area contributed by atoms with E-state index in [-0.39, 0.29) is 11.7 Å². The first-order valence-electron chi connectivity index (χ1n) is 9.16. The largest absolute Gasteiger partial charge is 0.361 e. The molecule has 1 aromatic heterocycles. The molecule has 0 aliphatic carbocycles. The van der Waals surface area contributed by atoms with Gasteiger partial charge in [-0.3, -0.25) is 4.79 Å². The number of carbonyl (C=O) groups excluding carboxylic acids is 1. The van der Waals surface area contributed by atoms with E-state index >= 15 is 0 Å². The van der Waals surface area contributed by atoms with Crippen LogP contribution in [0.25, 0.3) is 10.9 Å². The zero-order chi connectivity index (χ0) is 18.3. The highest BCUT2D eigenvalue weighted by Gasteiger charge is 2.26. The molecule has 1 fully saturated rings. The van der Waals surface area contributed by atoms with Crippen molar-refractivity contribution in [3.63, 3.8) is 0 Å². The highest BCUT2D eigenvalue weighted by Crippen LogP contribution is 2.33. The van der Waals surface area contributed by atoms with Gasteiger partial charge >= 0.3 is 0 Å². The van der Waals surface area contributed by atoms with Gasteiger partial charge in [0.05, 0.1) is 0 Å². The summed E-state index contributed by atoms with van der Waals surface area (Å²) >= 11 is 0. The molecule has 1 saturated heterocycles. The molecule has 0 unspecified atom stereocenters. The Hall–Kier alpha value is -2.62. The van der Waals surface area contributed by atoms with Gasteiger partial charge in [-0.25, -0.2) is 4.39 Å². The maximum absolute atomic E-state index is 13.6. The number of halogens is 1. The Morgan fingerprint density at radius 1 is 1.08 bits per heavy atom. The average molecular weight is 350 g/mol. The fourth-order valence-electron chi connectivity index (χ4n) is 3.90. The van der Waals surface area contributed by atoms with Crippen LogP contribution in [0.1, 0.15) is 45.8 Å². The summed E-state index contributed by atoms with van der Waals surface area (Å²) in [7, 11) is 0. The van der Waals surface area contributed by atoms with Gasteiger partial charge in [0, 0.05) is 35.8 Å². The number of fused-ring (bicyclic) bond motifs is 1. The van der Waals surface area contributed by atoms with E-state index in [2.05, 4.69) is 11.9 Å². The van der Waals surface area contributed by atoms with Crippen molar-refractivity contribution in [3.8, 4) is 0 Å². The van der Waals surface area contributed by atoms with Crippen LogP contribution in [-0.2, 0) is 0 Å². The van der Waals surface area contributed by atoms with Crippen LogP contribution in [0.2, 0.25) is 0 Å². The summed E-state index contributed by atoms with van der Waals surface area (Å²) in [5.74, 6) is 0.256. The monoisotopic (exact) mass is 350 g/mol. The Kier molecular flexibility index (Phi) is 4.27. The third kappa shape index (κ3) is 3.00. The molecular weight excluding hydrogens is 327 g/mol. The number of H-pyrrole nitrogens is 1. The van der Waals surface area contributed by atoms with Crippen LogP contribution in [-0.4, -0.2) is 28.9 Å². The summed E-state index contributed by atoms with van der Waals surface area (Å²) in [6, 6.07) is 10.8. The quantitative estimate of drug-likeness (QED) is 0.698. The average Bonchev–Trinajstić information content (AvgIpc) is 3.06. The topological polar surface area (TPSA) is 36.1 Å². The van der Waals surface area contributed by atoms with Crippen molar-refractivity contribution >= 4 is 16.8 Å². The van der Waals surface area contributed by atoms with E-state index in [1.54, 1.807) is 12.1 Å². The number of hydrogen-bond donors (Lipinski definition) is 1. The number of carbonyl (C=O) groups is 1. The molecular formula is C22H23FN2O. The first-order valence-corrected chi connectivity index (χ1v) is 9.16. The Morgan fingerprint density at radius 2 is 1.85 bits per heavy atom. The van der Waals surface area contributed by atoms with E-state index in [4.69, 9.17) is 0 Å². The molecule has 1 amide bonds. The lowest BCUT2D eigenvalue weighted by atomic mass is 9.89. The lowest BCUT2D eigenvalue weighted by Gasteiger charge is -2.32. The van der Waals surface area contributed by atoms with Gasteiger partial charge in [0.1, 0.15) is 5.82 Å². The SMILES string of the molecule is Cc1ccc(C(=O)N2CCC(c3c[nH]c4ccc(F)cc34)CC2)cc1C. The molecule has 26 heavy (non-hydrogen) atoms. The van der Waals surface area contributed by atoms with Crippen LogP contribution < -0.4 is 0 Å². The van der Waals surface area contributed by atoms with E-state index < -0.39 is 0 Å². The summed E-state index contributed by atoms with van der Waals surface area (Å²) < 4.78 is 13.6. The van der Waals surface area contributed by atoms with Crippen molar-refractivity contribution in [2.75, 3.05) is 13.1 Å². The Morgan fingerprint density at radius 3 is 2.58 bits per heavy atom. The predicted molar refractivity (Wildman–Crippen MR) is 102 cm³/mol. The van der Waals surface area contributed by atoms with Gasteiger partial charge in [-0.1, -0.05) is 6.07 Å². The van der Waals surface area contributed by atoms with E-state index in [1.807, 2.05) is 36.2 Å². The number of hydrogen-bond acceptors (Lipinski definition) is 1. The van der Waals surface area contributed by atoms with Gasteiger partial charge in [-0.2, -0.15) is 0 Å². The number of aromatic nitrogens is 1. The second kappa shape index (κ2) is 6.60. The molecule has 3 nitrogen and oxygen atoms in total. The highest BCUT2D eigenvalue weighted by atomic mass is 19.1. The van der Waals surface area contributed by atoms with Crippen LogP contribution >= 0.6 is 0 Å². The fourth-order valence-corrected chi connectivity index (χ4v) is 3.90. The minimum Gasteiger partial charge on any atom is -0.361 e. The number of piperidine rings is 1. The third-order valence-corrected chi connectivity index (χ3v) is 5.65. The number of aryl methyl sites for hydroxylation is 2. The number of aromatic amines is 1. The van der Waals surface area contributed by atoms with Gasteiger partial charge in [0.2, 0.25) is 0 Å². The normalized spacial score (nSPS) is 15.6. The van der Waals surface area contributed by atoms with Crippen molar-refractivity contribution in [2.45, 2.75) is 32.6 Å². The fraction of sp³-hybridized carbons (Fsp3) is 0.318. The van der Waals surface area contributed by atoms with Crippen molar-refractivity contribution in [3.05, 3.63) is 70.7 Å². The van der Waals surface area contributed by atoms with Crippen LogP contribution in [0.5, 0.6) is 0 Å². The van der Waals surface area contributed by atoms with Gasteiger partial charge in [0.25, 0.3) is 5.91 Å². The van der Waals surface area contributed by atoms with Gasteiger partial charge in [-0.05, 0) is 79.6 Å². The van der Waals surface area contributed by atoms with Crippen molar-refractivity contribution in [1.82, 2.24) is 9.88 Å². The summed E-state index contributed by atoms with van der Waals surface area (Å²) in [6.45, 7) is 5.56. The molecule has 134 valence electrons. The first kappa shape index (κ1) is 16.8. The van der Waals surface area contributed by atoms with Gasteiger partial charge < -0.3 is 9.88 Å². The first-order chi connectivity index (χ1) is 12.5. The number of nitrogens with zero attached hydrogens (tertiary/aromatic N) is 1. The van der Waals surface area contributed by atoms with E-state index in [0.29, 0.717) is 5.92 Å². The molecule has 0 radical (unpaired) electrons. The van der Waals surface area contributed by atoms with Gasteiger partial charge in [0.15, 0.2) is 0 Å². The molecule has 1 aliphatic rings. The minimum atomic E-state index is -0.208. The number of benzene rings is 2. The lowest BCUT2D eigenvalue weighted by molar-refractivity contribution is 0.0713. The molecule has 1 N–H and O–H groups in total. The number of amides is 1. The van der Waals surface area contributed by atoms with E-state index in [0.717, 1.165) is 53.5 Å². The molecule has 1 aliphatic heterocycles. The number of likely N-dealkylation sites (tertiary alicyclic amines) is 1. The number of nitrogens with one attached hydrogen (secondary N) is 1. The lowest BCUT2D eigenvalue weighted by Crippen LogP contribution is -2.37. The zero-order valence-electron chi connectivity index (χ0n) is 15.2. The standard InChI is InChI=1S/C22H23FN2O/c1-14-3-4-17(11-15(14)2)22(26)25-9-7-16(8-10-25)20-13-24-21-6-5-18(23)12-19(20)21/h3-6,11-13,16,24H,7-10H2,1-2H3. The summed E-state index contributed by atoms with van der Waals surface area (Å²) in [5, 5.41) is 0.962. The minimum absolute atomic E-state index is 0.108. The van der Waals surface area contributed by atoms with Gasteiger partial charge in [-0.15, -0.1) is 0 Å². The van der Waals surface area contributed by atoms with Crippen molar-refractivity contribution in [1.29, 1.82) is 0 Å². The second-order valence-electron chi connectivity index (χ2n) is 7.30. The maximum atomic E-state index is 13.6. The molecule has 4 rings (SSSR count). The Balaban J connectivity index is 1.49. The Bertz CT molecular complexity index is 967. The maximum Gasteiger partial charge on any atom is 0.253 e. The van der Waals surface area contributed by atoms with Crippen molar-refractivity contribution < 1.29 is 9.18 Å². The molecule has 2 aromatic carbocycles. The predicted octanol–water partition coefficient (Wildman–Crippen LogP) is 4.94. The second-order valence-corrected chi connectivity index (χ2v) is 7.30. The van der Waals surface area contributed by atoms with Crippen LogP contribution in [0.4, 0.5) is 4.39 Å². The summed E-state index contributed by atoms with van der Waals surface area (Å²) in [4.78, 5) is 18.0. The molecule has 0 atom stereocenters. The van der Waals surface area contributed by atoms with Crippen LogP contribution in [0.3, 0.4) is 0 Å². The summed E-state index contributed by atoms with van der Waals surface area (Å²) in [6.07, 6.45) is 3.80. The van der Waals surface area contributed by atoms with Crippen LogP contribution in [0.15, 0.2) is 42.6 Å². The molecule has 0 spiro atoms. The molecule has 0 bridgehead atoms. The Labute approximate surface area is 152 Å². The van der Waals surface area contributed by atoms with E-state index in [9.17, 15) is 9.18 Å². The zero-order valence-corrected chi connectivity index (χ0v) is 15.2. The number of rotatable bonds is 2. The van der Waals surface area contributed by atoms with Crippen LogP contribution in [0, 0.1) is 19.7 Å². The molecule has 4 heteroatoms. The smallest absolute Gasteiger partial charge is 0.253 e. The van der Waals surface area contributed by atoms with Crippen molar-refractivity contribution in [2.24, 2.45) is 0 Å². The summed E-state index contributed by atoms with van der Waals surface area (Å²) in [5.41, 5.74) is 5.24. The van der Waals surface area contributed by atoms with E-state index in [1.165, 1.54) is 11.6 Å².